The summed E-state index contributed by atoms with van der Waals surface area (Å²) in [6.45, 7) is 2.02. The number of benzene rings is 2. The molecule has 0 atom stereocenters. The number of nitrogens with one attached hydrogen (secondary N) is 1. The predicted octanol–water partition coefficient (Wildman–Crippen LogP) is 4.14. The number of carbonyl (C=O) groups is 2. The van der Waals surface area contributed by atoms with E-state index in [1.807, 2.05) is 24.3 Å². The van der Waals surface area contributed by atoms with Crippen LogP contribution in [0.2, 0.25) is 0 Å². The summed E-state index contributed by atoms with van der Waals surface area (Å²) in [5.74, 6) is 0.417. The first-order chi connectivity index (χ1) is 15.5. The van der Waals surface area contributed by atoms with Gasteiger partial charge in [-0.2, -0.15) is 4.98 Å². The van der Waals surface area contributed by atoms with Crippen molar-refractivity contribution in [2.45, 2.75) is 19.4 Å². The molecule has 9 heteroatoms. The molecule has 1 saturated heterocycles. The predicted molar refractivity (Wildman–Crippen MR) is 122 cm³/mol. The highest BCUT2D eigenvalue weighted by Crippen LogP contribution is 2.24. The van der Waals surface area contributed by atoms with Gasteiger partial charge < -0.3 is 14.6 Å². The van der Waals surface area contributed by atoms with Crippen LogP contribution in [0.25, 0.3) is 11.4 Å². The van der Waals surface area contributed by atoms with Crippen molar-refractivity contribution in [2.75, 3.05) is 25.5 Å². The SMILES string of the molecule is COC(=O)c1ccccc1NC(=O)C1CCN(Cc2nc(-c3cccc(Br)c3)no2)CC1. The first-order valence-corrected chi connectivity index (χ1v) is 11.1. The Hall–Kier alpha value is -3.04. The zero-order valence-electron chi connectivity index (χ0n) is 17.6. The van der Waals surface area contributed by atoms with Gasteiger partial charge in [-0.15, -0.1) is 0 Å². The number of halogens is 1. The van der Waals surface area contributed by atoms with Crippen molar-refractivity contribution in [1.82, 2.24) is 15.0 Å². The Morgan fingerprint density at radius 3 is 2.72 bits per heavy atom. The van der Waals surface area contributed by atoms with Gasteiger partial charge in [-0.1, -0.05) is 45.4 Å². The van der Waals surface area contributed by atoms with E-state index in [0.29, 0.717) is 42.4 Å². The number of methoxy groups -OCH3 is 1. The lowest BCUT2D eigenvalue weighted by Gasteiger charge is -2.30. The van der Waals surface area contributed by atoms with Crippen LogP contribution in [-0.4, -0.2) is 47.1 Å². The van der Waals surface area contributed by atoms with Crippen molar-refractivity contribution in [2.24, 2.45) is 5.92 Å². The van der Waals surface area contributed by atoms with E-state index >= 15 is 0 Å². The number of aromatic nitrogens is 2. The molecule has 32 heavy (non-hydrogen) atoms. The summed E-state index contributed by atoms with van der Waals surface area (Å²) >= 11 is 3.45. The molecule has 1 N–H and O–H groups in total. The maximum absolute atomic E-state index is 12.8. The van der Waals surface area contributed by atoms with Gasteiger partial charge in [0.2, 0.25) is 17.6 Å². The van der Waals surface area contributed by atoms with Crippen molar-refractivity contribution in [3.05, 3.63) is 64.5 Å². The van der Waals surface area contributed by atoms with E-state index in [1.165, 1.54) is 7.11 Å². The number of amides is 1. The maximum Gasteiger partial charge on any atom is 0.339 e. The van der Waals surface area contributed by atoms with E-state index in [2.05, 4.69) is 36.3 Å². The van der Waals surface area contributed by atoms with E-state index in [4.69, 9.17) is 9.26 Å². The molecule has 1 amide bonds. The Kier molecular flexibility index (Phi) is 6.96. The largest absolute Gasteiger partial charge is 0.465 e. The third kappa shape index (κ3) is 5.23. The molecule has 0 aliphatic carbocycles. The van der Waals surface area contributed by atoms with Gasteiger partial charge in [0.1, 0.15) is 0 Å². The van der Waals surface area contributed by atoms with Gasteiger partial charge >= 0.3 is 5.97 Å². The molecule has 0 saturated carbocycles. The highest BCUT2D eigenvalue weighted by Gasteiger charge is 2.27. The van der Waals surface area contributed by atoms with E-state index in [0.717, 1.165) is 23.1 Å². The van der Waals surface area contributed by atoms with Crippen LogP contribution in [0.5, 0.6) is 0 Å². The Labute approximate surface area is 194 Å². The number of rotatable bonds is 6. The Bertz CT molecular complexity index is 1110. The standard InChI is InChI=1S/C23H23BrN4O4/c1-31-23(30)18-7-2-3-8-19(18)25-22(29)15-9-11-28(12-10-15)14-20-26-21(27-32-20)16-5-4-6-17(24)13-16/h2-8,13,15H,9-12,14H2,1H3,(H,25,29). The number of esters is 1. The van der Waals surface area contributed by atoms with Crippen LogP contribution in [0.3, 0.4) is 0 Å². The van der Waals surface area contributed by atoms with Crippen LogP contribution >= 0.6 is 15.9 Å². The molecule has 0 unspecified atom stereocenters. The molecule has 0 radical (unpaired) electrons. The number of ether oxygens (including phenoxy) is 1. The van der Waals surface area contributed by atoms with E-state index < -0.39 is 5.97 Å². The highest BCUT2D eigenvalue weighted by atomic mass is 79.9. The van der Waals surface area contributed by atoms with Crippen molar-refractivity contribution in [3.63, 3.8) is 0 Å². The molecule has 1 fully saturated rings. The van der Waals surface area contributed by atoms with Crippen molar-refractivity contribution < 1.29 is 18.8 Å². The summed E-state index contributed by atoms with van der Waals surface area (Å²) in [6, 6.07) is 14.6. The molecule has 1 aromatic heterocycles. The first-order valence-electron chi connectivity index (χ1n) is 10.3. The quantitative estimate of drug-likeness (QED) is 0.510. The molecule has 166 valence electrons. The molecule has 1 aliphatic rings. The lowest BCUT2D eigenvalue weighted by Crippen LogP contribution is -2.38. The second kappa shape index (κ2) is 10.1. The minimum atomic E-state index is -0.475. The Balaban J connectivity index is 1.31. The molecule has 0 bridgehead atoms. The zero-order valence-corrected chi connectivity index (χ0v) is 19.2. The number of piperidine rings is 1. The number of nitrogens with zero attached hydrogens (tertiary/aromatic N) is 3. The van der Waals surface area contributed by atoms with Crippen molar-refractivity contribution in [3.8, 4) is 11.4 Å². The zero-order chi connectivity index (χ0) is 22.5. The average molecular weight is 499 g/mol. The smallest absolute Gasteiger partial charge is 0.339 e. The summed E-state index contributed by atoms with van der Waals surface area (Å²) in [4.78, 5) is 31.4. The molecule has 1 aliphatic heterocycles. The Morgan fingerprint density at radius 2 is 1.97 bits per heavy atom. The van der Waals surface area contributed by atoms with Crippen LogP contribution in [-0.2, 0) is 16.1 Å². The van der Waals surface area contributed by atoms with Gasteiger partial charge in [-0.25, -0.2) is 4.79 Å². The minimum absolute atomic E-state index is 0.0873. The van der Waals surface area contributed by atoms with Gasteiger partial charge in [-0.3, -0.25) is 9.69 Å². The summed E-state index contributed by atoms with van der Waals surface area (Å²) in [7, 11) is 1.32. The molecule has 2 aromatic carbocycles. The van der Waals surface area contributed by atoms with Crippen molar-refractivity contribution in [1.29, 1.82) is 0 Å². The fourth-order valence-electron chi connectivity index (χ4n) is 3.72. The number of anilines is 1. The van der Waals surface area contributed by atoms with Crippen LogP contribution in [0.15, 0.2) is 57.5 Å². The number of hydrogen-bond donors (Lipinski definition) is 1. The average Bonchev–Trinajstić information content (AvgIpc) is 3.28. The maximum atomic E-state index is 12.8. The summed E-state index contributed by atoms with van der Waals surface area (Å²) in [5, 5.41) is 6.96. The molecule has 0 spiro atoms. The second-order valence-corrected chi connectivity index (χ2v) is 8.51. The van der Waals surface area contributed by atoms with Gasteiger partial charge in [0.05, 0.1) is 24.9 Å². The van der Waals surface area contributed by atoms with E-state index in [-0.39, 0.29) is 11.8 Å². The van der Waals surface area contributed by atoms with Crippen LogP contribution in [0.1, 0.15) is 29.1 Å². The topological polar surface area (TPSA) is 97.6 Å². The summed E-state index contributed by atoms with van der Waals surface area (Å²) < 4.78 is 11.2. The fourth-order valence-corrected chi connectivity index (χ4v) is 4.12. The highest BCUT2D eigenvalue weighted by molar-refractivity contribution is 9.10. The van der Waals surface area contributed by atoms with Crippen LogP contribution in [0.4, 0.5) is 5.69 Å². The third-order valence-corrected chi connectivity index (χ3v) is 5.95. The fraction of sp³-hybridized carbons (Fsp3) is 0.304. The second-order valence-electron chi connectivity index (χ2n) is 7.60. The van der Waals surface area contributed by atoms with Crippen molar-refractivity contribution >= 4 is 33.5 Å². The normalized spacial score (nSPS) is 14.8. The first kappa shape index (κ1) is 22.2. The van der Waals surface area contributed by atoms with Crippen LogP contribution < -0.4 is 5.32 Å². The number of hydrogen-bond acceptors (Lipinski definition) is 7. The van der Waals surface area contributed by atoms with Gasteiger partial charge in [-0.05, 0) is 50.2 Å². The van der Waals surface area contributed by atoms with Crippen LogP contribution in [0, 0.1) is 5.92 Å². The summed E-state index contributed by atoms with van der Waals surface area (Å²) in [5.41, 5.74) is 1.70. The molecule has 3 aromatic rings. The van der Waals surface area contributed by atoms with E-state index in [9.17, 15) is 9.59 Å². The third-order valence-electron chi connectivity index (χ3n) is 5.46. The molecular weight excluding hydrogens is 476 g/mol. The number of para-hydroxylation sites is 1. The van der Waals surface area contributed by atoms with Gasteiger partial charge in [0.25, 0.3) is 0 Å². The van der Waals surface area contributed by atoms with Gasteiger partial charge in [0, 0.05) is 16.0 Å². The number of likely N-dealkylation sites (tertiary alicyclic amines) is 1. The molecule has 4 rings (SSSR count). The number of carbonyl (C=O) groups excluding carboxylic acids is 2. The molecule has 2 heterocycles. The lowest BCUT2D eigenvalue weighted by atomic mass is 9.95. The van der Waals surface area contributed by atoms with Gasteiger partial charge in [0.15, 0.2) is 0 Å². The minimum Gasteiger partial charge on any atom is -0.465 e. The lowest BCUT2D eigenvalue weighted by molar-refractivity contribution is -0.121. The monoisotopic (exact) mass is 498 g/mol. The molecular formula is C23H23BrN4O4. The van der Waals surface area contributed by atoms with E-state index in [1.54, 1.807) is 24.3 Å². The summed E-state index contributed by atoms with van der Waals surface area (Å²) in [6.07, 6.45) is 1.41. The molecule has 8 nitrogen and oxygen atoms in total. The Morgan fingerprint density at radius 1 is 1.19 bits per heavy atom.